The fourth-order valence-corrected chi connectivity index (χ4v) is 3.32. The molecule has 9 heteroatoms. The number of rotatable bonds is 5. The molecule has 2 rings (SSSR count). The Bertz CT molecular complexity index is 641. The number of carbonyl (C=O) groups is 3. The molecule has 0 radical (unpaired) electrons. The number of aliphatic carboxylic acids is 1. The number of amides is 2. The third-order valence-electron chi connectivity index (χ3n) is 3.43. The number of aliphatic hydroxyl groups excluding tert-OH is 1. The van der Waals surface area contributed by atoms with Gasteiger partial charge in [-0.05, 0) is 17.9 Å². The maximum atomic E-state index is 12.1. The van der Waals surface area contributed by atoms with Gasteiger partial charge >= 0.3 is 29.6 Å². The van der Waals surface area contributed by atoms with Gasteiger partial charge in [-0.1, -0.05) is 11.8 Å². The smallest absolute Gasteiger partial charge is 0.543 e. The van der Waals surface area contributed by atoms with E-state index in [2.05, 4.69) is 5.32 Å². The van der Waals surface area contributed by atoms with Crippen molar-refractivity contribution in [3.8, 4) is 0 Å². The van der Waals surface area contributed by atoms with Crippen LogP contribution in [-0.2, 0) is 14.4 Å². The maximum Gasteiger partial charge on any atom is 1.00 e. The minimum absolute atomic E-state index is 0. The molecule has 23 heavy (non-hydrogen) atoms. The van der Waals surface area contributed by atoms with E-state index in [1.165, 1.54) is 23.4 Å². The third-order valence-corrected chi connectivity index (χ3v) is 4.35. The quantitative estimate of drug-likeness (QED) is 0.300. The van der Waals surface area contributed by atoms with E-state index in [9.17, 15) is 19.5 Å². The molecule has 1 fully saturated rings. The SMILES string of the molecule is CC(=O)N/C=C/SC1=C(C(=O)[O-])N2C(=O)/C(=C(\C)CO)C2C1.[Na+]. The van der Waals surface area contributed by atoms with Gasteiger partial charge in [-0.25, -0.2) is 0 Å². The van der Waals surface area contributed by atoms with Crippen molar-refractivity contribution in [3.05, 3.63) is 33.4 Å². The summed E-state index contributed by atoms with van der Waals surface area (Å²) in [5.74, 6) is -2.05. The fraction of sp³-hybridized carbons (Fsp3) is 0.357. The van der Waals surface area contributed by atoms with Crippen molar-refractivity contribution in [3.63, 3.8) is 0 Å². The van der Waals surface area contributed by atoms with Crippen LogP contribution in [0, 0.1) is 0 Å². The number of carboxylic acids is 1. The molecule has 0 aromatic rings. The first-order valence-corrected chi connectivity index (χ1v) is 7.43. The van der Waals surface area contributed by atoms with Crippen molar-refractivity contribution in [2.45, 2.75) is 26.3 Å². The molecule has 1 atom stereocenters. The van der Waals surface area contributed by atoms with E-state index in [1.54, 1.807) is 6.92 Å². The summed E-state index contributed by atoms with van der Waals surface area (Å²) in [6.07, 6.45) is 1.76. The Morgan fingerprint density at radius 2 is 2.13 bits per heavy atom. The zero-order chi connectivity index (χ0) is 16.4. The van der Waals surface area contributed by atoms with Crippen LogP contribution >= 0.6 is 11.8 Å². The average molecular weight is 346 g/mol. The summed E-state index contributed by atoms with van der Waals surface area (Å²) in [5.41, 5.74) is 0.869. The minimum atomic E-state index is -1.41. The maximum absolute atomic E-state index is 12.1. The monoisotopic (exact) mass is 346 g/mol. The van der Waals surface area contributed by atoms with Gasteiger partial charge in [0, 0.05) is 30.0 Å². The number of nitrogens with zero attached hydrogens (tertiary/aromatic N) is 1. The molecular formula is C14H15N2NaO5S. The molecule has 0 aromatic heterocycles. The number of fused-ring (bicyclic) bond motifs is 1. The van der Waals surface area contributed by atoms with Crippen LogP contribution in [0.1, 0.15) is 20.3 Å². The largest absolute Gasteiger partial charge is 1.00 e. The van der Waals surface area contributed by atoms with Gasteiger partial charge in [-0.2, -0.15) is 0 Å². The van der Waals surface area contributed by atoms with Gasteiger partial charge in [0.15, 0.2) is 0 Å². The summed E-state index contributed by atoms with van der Waals surface area (Å²) >= 11 is 1.12. The molecule has 0 aromatic carbocycles. The number of aliphatic hydroxyl groups is 1. The van der Waals surface area contributed by atoms with Crippen molar-refractivity contribution in [2.75, 3.05) is 6.61 Å². The number of hydrogen-bond donors (Lipinski definition) is 2. The fourth-order valence-electron chi connectivity index (χ4n) is 2.47. The zero-order valence-corrected chi connectivity index (χ0v) is 15.9. The van der Waals surface area contributed by atoms with Crippen LogP contribution in [-0.4, -0.2) is 40.4 Å². The number of β-lactam (4-membered cyclic amide) rings is 1. The van der Waals surface area contributed by atoms with Crippen LogP contribution in [0.4, 0.5) is 0 Å². The van der Waals surface area contributed by atoms with Crippen molar-refractivity contribution in [1.82, 2.24) is 10.2 Å². The molecule has 2 aliphatic rings. The Hall–Kier alpha value is -1.06. The Morgan fingerprint density at radius 1 is 1.48 bits per heavy atom. The Kier molecular flexibility index (Phi) is 7.09. The van der Waals surface area contributed by atoms with E-state index in [-0.39, 0.29) is 53.8 Å². The number of hydrogen-bond acceptors (Lipinski definition) is 6. The van der Waals surface area contributed by atoms with Crippen LogP contribution in [0.3, 0.4) is 0 Å². The van der Waals surface area contributed by atoms with E-state index in [4.69, 9.17) is 5.11 Å². The van der Waals surface area contributed by atoms with Gasteiger partial charge in [-0.15, -0.1) is 0 Å². The predicted molar refractivity (Wildman–Crippen MR) is 77.6 cm³/mol. The molecule has 0 saturated carbocycles. The first kappa shape index (κ1) is 20.0. The van der Waals surface area contributed by atoms with Crippen LogP contribution in [0.15, 0.2) is 33.4 Å². The molecule has 2 N–H and O–H groups in total. The minimum Gasteiger partial charge on any atom is -0.543 e. The first-order valence-electron chi connectivity index (χ1n) is 6.55. The second kappa shape index (κ2) is 8.16. The van der Waals surface area contributed by atoms with Gasteiger partial charge in [0.1, 0.15) is 0 Å². The van der Waals surface area contributed by atoms with Crippen LogP contribution < -0.4 is 40.0 Å². The van der Waals surface area contributed by atoms with E-state index in [1.807, 2.05) is 0 Å². The Labute approximate surface area is 159 Å². The third kappa shape index (κ3) is 3.89. The molecule has 1 unspecified atom stereocenters. The van der Waals surface area contributed by atoms with Crippen molar-refractivity contribution in [1.29, 1.82) is 0 Å². The number of carbonyl (C=O) groups excluding carboxylic acids is 3. The molecular weight excluding hydrogens is 331 g/mol. The van der Waals surface area contributed by atoms with Gasteiger partial charge in [0.2, 0.25) is 5.91 Å². The number of carboxylic acid groups (broad SMARTS) is 1. The number of thioether (sulfide) groups is 1. The molecule has 2 heterocycles. The van der Waals surface area contributed by atoms with Crippen LogP contribution in [0.5, 0.6) is 0 Å². The molecule has 0 aliphatic carbocycles. The summed E-state index contributed by atoms with van der Waals surface area (Å²) in [6.45, 7) is 2.76. The van der Waals surface area contributed by atoms with Gasteiger partial charge in [0.05, 0.1) is 24.3 Å². The average Bonchev–Trinajstić information content (AvgIpc) is 2.78. The Morgan fingerprint density at radius 3 is 2.65 bits per heavy atom. The van der Waals surface area contributed by atoms with E-state index in [0.29, 0.717) is 22.5 Å². The summed E-state index contributed by atoms with van der Waals surface area (Å²) in [5, 5.41) is 24.4. The first-order chi connectivity index (χ1) is 10.4. The predicted octanol–water partition coefficient (Wildman–Crippen LogP) is -3.78. The molecule has 118 valence electrons. The van der Waals surface area contributed by atoms with Crippen molar-refractivity contribution in [2.24, 2.45) is 0 Å². The second-order valence-electron chi connectivity index (χ2n) is 4.93. The molecule has 2 aliphatic heterocycles. The van der Waals surface area contributed by atoms with E-state index in [0.717, 1.165) is 11.8 Å². The van der Waals surface area contributed by atoms with Crippen LogP contribution in [0.25, 0.3) is 0 Å². The van der Waals surface area contributed by atoms with Crippen molar-refractivity contribution < 1.29 is 54.2 Å². The second-order valence-corrected chi connectivity index (χ2v) is 5.93. The molecule has 7 nitrogen and oxygen atoms in total. The summed E-state index contributed by atoms with van der Waals surface area (Å²) < 4.78 is 0. The van der Waals surface area contributed by atoms with Crippen LogP contribution in [0.2, 0.25) is 0 Å². The normalized spacial score (nSPS) is 21.8. The van der Waals surface area contributed by atoms with Gasteiger partial charge in [0.25, 0.3) is 5.91 Å². The molecule has 0 spiro atoms. The zero-order valence-electron chi connectivity index (χ0n) is 13.1. The topological polar surface area (TPSA) is 110 Å². The Balaban J connectivity index is 0.00000264. The molecule has 0 bridgehead atoms. The summed E-state index contributed by atoms with van der Waals surface area (Å²) in [4.78, 5) is 35.8. The van der Waals surface area contributed by atoms with Gasteiger partial charge < -0.3 is 20.3 Å². The van der Waals surface area contributed by atoms with E-state index < -0.39 is 11.9 Å². The molecule has 1 saturated heterocycles. The summed E-state index contributed by atoms with van der Waals surface area (Å²) in [7, 11) is 0. The van der Waals surface area contributed by atoms with Gasteiger partial charge in [-0.3, -0.25) is 14.5 Å². The van der Waals surface area contributed by atoms with E-state index >= 15 is 0 Å². The summed E-state index contributed by atoms with van der Waals surface area (Å²) in [6, 6.07) is -0.357. The molecule has 2 amide bonds. The number of nitrogens with one attached hydrogen (secondary N) is 1. The standard InChI is InChI=1S/C14H16N2O5S.Na/c1-7(6-17)11-9-5-10(22-4-3-15-8(2)18)12(14(20)21)16(9)13(11)19;/h3-4,9,17H,5-6H2,1-2H3,(H,15,18)(H,20,21);/q;+1/p-1/b4-3+,11-7+;. The van der Waals surface area contributed by atoms with Crippen molar-refractivity contribution >= 4 is 29.5 Å².